The largest absolute Gasteiger partial charge is 0.466 e. The Balaban J connectivity index is 2.79. The van der Waals surface area contributed by atoms with Gasteiger partial charge in [-0.15, -0.1) is 0 Å². The normalized spacial score (nSPS) is 10.4. The number of rotatable bonds is 5. The average molecular weight is 263 g/mol. The number of carbonyl (C=O) groups is 2. The van der Waals surface area contributed by atoms with Crippen LogP contribution in [0.5, 0.6) is 0 Å². The summed E-state index contributed by atoms with van der Waals surface area (Å²) in [6.45, 7) is 2.10. The summed E-state index contributed by atoms with van der Waals surface area (Å²) < 4.78 is 9.42. The van der Waals surface area contributed by atoms with Gasteiger partial charge >= 0.3 is 11.9 Å². The minimum Gasteiger partial charge on any atom is -0.466 e. The maximum absolute atomic E-state index is 11.4. The standard InChI is InChI=1S/C14H17NO4/c1-3-19-13(16)6-4-5-10-9-11(14(17)18-2)7-8-12(10)15/h4-5,7-9H,3,6,15H2,1-2H3. The molecule has 2 N–H and O–H groups in total. The van der Waals surface area contributed by atoms with Gasteiger partial charge in [0.15, 0.2) is 0 Å². The van der Waals surface area contributed by atoms with Gasteiger partial charge in [-0.25, -0.2) is 4.79 Å². The number of benzene rings is 1. The topological polar surface area (TPSA) is 78.6 Å². The second-order valence-corrected chi connectivity index (χ2v) is 3.75. The molecular formula is C14H17NO4. The van der Waals surface area contributed by atoms with E-state index in [1.807, 2.05) is 0 Å². The second kappa shape index (κ2) is 7.20. The molecule has 0 atom stereocenters. The first kappa shape index (κ1) is 14.8. The van der Waals surface area contributed by atoms with Crippen LogP contribution in [-0.2, 0) is 14.3 Å². The molecule has 0 amide bonds. The van der Waals surface area contributed by atoms with Crippen LogP contribution in [-0.4, -0.2) is 25.7 Å². The lowest BCUT2D eigenvalue weighted by atomic mass is 10.1. The van der Waals surface area contributed by atoms with E-state index < -0.39 is 5.97 Å². The van der Waals surface area contributed by atoms with E-state index in [9.17, 15) is 9.59 Å². The van der Waals surface area contributed by atoms with Crippen molar-refractivity contribution in [2.75, 3.05) is 19.5 Å². The first-order valence-electron chi connectivity index (χ1n) is 5.88. The molecule has 5 heteroatoms. The molecule has 102 valence electrons. The quantitative estimate of drug-likeness (QED) is 0.649. The average Bonchev–Trinajstić information content (AvgIpc) is 2.40. The van der Waals surface area contributed by atoms with Crippen LogP contribution in [0.15, 0.2) is 24.3 Å². The van der Waals surface area contributed by atoms with Crippen molar-refractivity contribution >= 4 is 23.7 Å². The zero-order valence-electron chi connectivity index (χ0n) is 11.0. The molecule has 5 nitrogen and oxygen atoms in total. The Kier molecular flexibility index (Phi) is 5.60. The molecule has 0 saturated carbocycles. The predicted octanol–water partition coefficient (Wildman–Crippen LogP) is 2.02. The van der Waals surface area contributed by atoms with Crippen LogP contribution in [0.4, 0.5) is 5.69 Å². The van der Waals surface area contributed by atoms with Crippen LogP contribution in [0.3, 0.4) is 0 Å². The molecule has 0 unspecified atom stereocenters. The predicted molar refractivity (Wildman–Crippen MR) is 72.5 cm³/mol. The van der Waals surface area contributed by atoms with Crippen molar-refractivity contribution in [2.45, 2.75) is 13.3 Å². The van der Waals surface area contributed by atoms with Crippen molar-refractivity contribution in [2.24, 2.45) is 0 Å². The van der Waals surface area contributed by atoms with Gasteiger partial charge in [-0.3, -0.25) is 4.79 Å². The third kappa shape index (κ3) is 4.46. The summed E-state index contributed by atoms with van der Waals surface area (Å²) in [7, 11) is 1.31. The van der Waals surface area contributed by atoms with Gasteiger partial charge in [0.2, 0.25) is 0 Å². The summed E-state index contributed by atoms with van der Waals surface area (Å²) in [5.74, 6) is -0.735. The summed E-state index contributed by atoms with van der Waals surface area (Å²) in [5.41, 5.74) is 7.38. The zero-order valence-corrected chi connectivity index (χ0v) is 11.0. The zero-order chi connectivity index (χ0) is 14.3. The molecule has 19 heavy (non-hydrogen) atoms. The smallest absolute Gasteiger partial charge is 0.337 e. The third-order valence-electron chi connectivity index (χ3n) is 2.40. The van der Waals surface area contributed by atoms with Gasteiger partial charge in [0.05, 0.1) is 25.7 Å². The summed E-state index contributed by atoms with van der Waals surface area (Å²) in [5, 5.41) is 0. The molecular weight excluding hydrogens is 246 g/mol. The molecule has 0 heterocycles. The number of carbonyl (C=O) groups excluding carboxylic acids is 2. The molecule has 0 saturated heterocycles. The van der Waals surface area contributed by atoms with E-state index in [2.05, 4.69) is 4.74 Å². The molecule has 0 bridgehead atoms. The van der Waals surface area contributed by atoms with Crippen LogP contribution in [0.25, 0.3) is 6.08 Å². The Labute approximate surface area is 112 Å². The lowest BCUT2D eigenvalue weighted by Gasteiger charge is -2.04. The summed E-state index contributed by atoms with van der Waals surface area (Å²) in [4.78, 5) is 22.5. The maximum Gasteiger partial charge on any atom is 0.337 e. The minimum atomic E-state index is -0.431. The monoisotopic (exact) mass is 263 g/mol. The van der Waals surface area contributed by atoms with Crippen LogP contribution >= 0.6 is 0 Å². The van der Waals surface area contributed by atoms with Crippen molar-refractivity contribution < 1.29 is 19.1 Å². The molecule has 1 rings (SSSR count). The number of methoxy groups -OCH3 is 1. The van der Waals surface area contributed by atoms with Crippen LogP contribution in [0.2, 0.25) is 0 Å². The van der Waals surface area contributed by atoms with E-state index in [1.54, 1.807) is 37.3 Å². The molecule has 0 fully saturated rings. The van der Waals surface area contributed by atoms with Gasteiger partial charge in [-0.2, -0.15) is 0 Å². The van der Waals surface area contributed by atoms with Crippen molar-refractivity contribution in [1.82, 2.24) is 0 Å². The van der Waals surface area contributed by atoms with Crippen LogP contribution < -0.4 is 5.73 Å². The highest BCUT2D eigenvalue weighted by atomic mass is 16.5. The van der Waals surface area contributed by atoms with Crippen molar-refractivity contribution in [1.29, 1.82) is 0 Å². The summed E-state index contributed by atoms with van der Waals surface area (Å²) in [6, 6.07) is 4.82. The highest BCUT2D eigenvalue weighted by molar-refractivity contribution is 5.91. The number of hydrogen-bond donors (Lipinski definition) is 1. The Hall–Kier alpha value is -2.30. The van der Waals surface area contributed by atoms with E-state index in [1.165, 1.54) is 7.11 Å². The van der Waals surface area contributed by atoms with Gasteiger partial charge in [-0.1, -0.05) is 12.2 Å². The summed E-state index contributed by atoms with van der Waals surface area (Å²) >= 11 is 0. The van der Waals surface area contributed by atoms with Crippen molar-refractivity contribution in [3.63, 3.8) is 0 Å². The number of nitrogen functional groups attached to an aromatic ring is 1. The molecule has 0 aliphatic carbocycles. The number of esters is 2. The lowest BCUT2D eigenvalue weighted by Crippen LogP contribution is -2.03. The van der Waals surface area contributed by atoms with E-state index in [4.69, 9.17) is 10.5 Å². The van der Waals surface area contributed by atoms with Crippen LogP contribution in [0.1, 0.15) is 29.3 Å². The molecule has 1 aromatic rings. The number of nitrogens with two attached hydrogens (primary N) is 1. The van der Waals surface area contributed by atoms with Gasteiger partial charge in [0.25, 0.3) is 0 Å². The van der Waals surface area contributed by atoms with E-state index in [-0.39, 0.29) is 12.4 Å². The van der Waals surface area contributed by atoms with Gasteiger partial charge in [0, 0.05) is 5.69 Å². The van der Waals surface area contributed by atoms with E-state index in [0.717, 1.165) is 0 Å². The first-order chi connectivity index (χ1) is 9.08. The highest BCUT2D eigenvalue weighted by Gasteiger charge is 2.07. The van der Waals surface area contributed by atoms with Crippen LogP contribution in [0, 0.1) is 0 Å². The Morgan fingerprint density at radius 2 is 2.11 bits per heavy atom. The lowest BCUT2D eigenvalue weighted by molar-refractivity contribution is -0.142. The molecule has 0 aromatic heterocycles. The summed E-state index contributed by atoms with van der Waals surface area (Å²) in [6.07, 6.45) is 3.49. The fourth-order valence-electron chi connectivity index (χ4n) is 1.47. The third-order valence-corrected chi connectivity index (χ3v) is 2.40. The fraction of sp³-hybridized carbons (Fsp3) is 0.286. The molecule has 0 aliphatic heterocycles. The fourth-order valence-corrected chi connectivity index (χ4v) is 1.47. The second-order valence-electron chi connectivity index (χ2n) is 3.75. The number of ether oxygens (including phenoxy) is 2. The Morgan fingerprint density at radius 3 is 2.74 bits per heavy atom. The Morgan fingerprint density at radius 1 is 1.37 bits per heavy atom. The van der Waals surface area contributed by atoms with Crippen molar-refractivity contribution in [3.05, 3.63) is 35.4 Å². The minimum absolute atomic E-state index is 0.162. The maximum atomic E-state index is 11.4. The molecule has 0 spiro atoms. The molecule has 1 aromatic carbocycles. The first-order valence-corrected chi connectivity index (χ1v) is 5.88. The van der Waals surface area contributed by atoms with Gasteiger partial charge in [-0.05, 0) is 30.7 Å². The van der Waals surface area contributed by atoms with E-state index in [0.29, 0.717) is 23.4 Å². The Bertz CT molecular complexity index is 494. The molecule has 0 radical (unpaired) electrons. The number of anilines is 1. The van der Waals surface area contributed by atoms with E-state index >= 15 is 0 Å². The van der Waals surface area contributed by atoms with Gasteiger partial charge < -0.3 is 15.2 Å². The SMILES string of the molecule is CCOC(=O)CC=Cc1cc(C(=O)OC)ccc1N. The van der Waals surface area contributed by atoms with Gasteiger partial charge in [0.1, 0.15) is 0 Å². The molecule has 0 aliphatic rings. The number of hydrogen-bond acceptors (Lipinski definition) is 5. The van der Waals surface area contributed by atoms with Crippen molar-refractivity contribution in [3.8, 4) is 0 Å². The highest BCUT2D eigenvalue weighted by Crippen LogP contribution is 2.17.